The maximum absolute atomic E-state index is 6.35. The van der Waals surface area contributed by atoms with Gasteiger partial charge in [-0.05, 0) is 31.9 Å². The number of aromatic nitrogens is 2. The second-order valence-electron chi connectivity index (χ2n) is 5.30. The van der Waals surface area contributed by atoms with Gasteiger partial charge in [-0.1, -0.05) is 25.5 Å². The Morgan fingerprint density at radius 2 is 2.15 bits per heavy atom. The lowest BCUT2D eigenvalue weighted by molar-refractivity contribution is 0.150. The largest absolute Gasteiger partial charge is 0.383 e. The Balaban J connectivity index is 2.65. The van der Waals surface area contributed by atoms with Crippen molar-refractivity contribution in [3.63, 3.8) is 0 Å². The smallest absolute Gasteiger partial charge is 0.128 e. The zero-order valence-corrected chi connectivity index (χ0v) is 13.4. The Bertz CT molecular complexity index is 571. The molecule has 0 N–H and O–H groups in total. The summed E-state index contributed by atoms with van der Waals surface area (Å²) in [5.41, 5.74) is 3.44. The van der Waals surface area contributed by atoms with Crippen molar-refractivity contribution in [2.45, 2.75) is 45.0 Å². The number of fused-ring (bicyclic) bond motifs is 1. The van der Waals surface area contributed by atoms with E-state index in [0.717, 1.165) is 24.2 Å². The van der Waals surface area contributed by atoms with Gasteiger partial charge >= 0.3 is 0 Å². The second kappa shape index (κ2) is 6.59. The van der Waals surface area contributed by atoms with Crippen molar-refractivity contribution in [1.29, 1.82) is 0 Å². The number of hydrogen-bond acceptors (Lipinski definition) is 2. The second-order valence-corrected chi connectivity index (χ2v) is 5.95. The van der Waals surface area contributed by atoms with Gasteiger partial charge in [0.2, 0.25) is 0 Å². The SMILES string of the molecule is CCCC(COC)n1c(C(C)Cl)nc2cccc(C)c21. The van der Waals surface area contributed by atoms with E-state index in [1.165, 1.54) is 11.1 Å². The third kappa shape index (κ3) is 2.84. The fourth-order valence-electron chi connectivity index (χ4n) is 2.80. The Hall–Kier alpha value is -1.06. The highest BCUT2D eigenvalue weighted by atomic mass is 35.5. The van der Waals surface area contributed by atoms with Crippen LogP contribution >= 0.6 is 11.6 Å². The summed E-state index contributed by atoms with van der Waals surface area (Å²) in [4.78, 5) is 4.73. The normalized spacial score (nSPS) is 14.7. The number of rotatable bonds is 6. The molecule has 2 rings (SSSR count). The molecule has 2 atom stereocenters. The van der Waals surface area contributed by atoms with Crippen LogP contribution in [0.2, 0.25) is 0 Å². The topological polar surface area (TPSA) is 27.1 Å². The molecule has 0 fully saturated rings. The summed E-state index contributed by atoms with van der Waals surface area (Å²) in [6, 6.07) is 6.51. The van der Waals surface area contributed by atoms with Gasteiger partial charge in [0.1, 0.15) is 5.82 Å². The first kappa shape index (κ1) is 15.3. The van der Waals surface area contributed by atoms with Crippen LogP contribution in [0.3, 0.4) is 0 Å². The van der Waals surface area contributed by atoms with Crippen molar-refractivity contribution in [2.75, 3.05) is 13.7 Å². The molecular weight excluding hydrogens is 272 g/mol. The third-order valence-electron chi connectivity index (χ3n) is 3.64. The molecule has 0 saturated heterocycles. The number of halogens is 1. The number of methoxy groups -OCH3 is 1. The minimum atomic E-state index is -0.113. The molecule has 2 aromatic rings. The summed E-state index contributed by atoms with van der Waals surface area (Å²) >= 11 is 6.35. The monoisotopic (exact) mass is 294 g/mol. The van der Waals surface area contributed by atoms with Crippen molar-refractivity contribution in [2.24, 2.45) is 0 Å². The fraction of sp³-hybridized carbons (Fsp3) is 0.562. The van der Waals surface area contributed by atoms with Gasteiger partial charge < -0.3 is 9.30 Å². The van der Waals surface area contributed by atoms with Gasteiger partial charge in [0, 0.05) is 7.11 Å². The number of hydrogen-bond donors (Lipinski definition) is 0. The number of ether oxygens (including phenoxy) is 1. The van der Waals surface area contributed by atoms with Gasteiger partial charge in [0.15, 0.2) is 0 Å². The van der Waals surface area contributed by atoms with Gasteiger partial charge in [-0.25, -0.2) is 4.98 Å². The number of aryl methyl sites for hydroxylation is 1. The molecule has 1 aromatic carbocycles. The first-order valence-corrected chi connectivity index (χ1v) is 7.64. The van der Waals surface area contributed by atoms with Crippen LogP contribution in [0.15, 0.2) is 18.2 Å². The molecule has 0 saturated carbocycles. The molecule has 0 bridgehead atoms. The summed E-state index contributed by atoms with van der Waals surface area (Å²) in [5, 5.41) is -0.113. The van der Waals surface area contributed by atoms with Crippen LogP contribution in [-0.4, -0.2) is 23.3 Å². The summed E-state index contributed by atoms with van der Waals surface area (Å²) in [6.45, 7) is 6.98. The van der Waals surface area contributed by atoms with Crippen LogP contribution in [0, 0.1) is 6.92 Å². The van der Waals surface area contributed by atoms with Gasteiger partial charge in [-0.3, -0.25) is 0 Å². The van der Waals surface area contributed by atoms with Gasteiger partial charge in [0.05, 0.1) is 29.1 Å². The first-order chi connectivity index (χ1) is 9.60. The van der Waals surface area contributed by atoms with E-state index in [0.29, 0.717) is 6.61 Å². The highest BCUT2D eigenvalue weighted by Crippen LogP contribution is 2.31. The minimum Gasteiger partial charge on any atom is -0.383 e. The Morgan fingerprint density at radius 3 is 2.75 bits per heavy atom. The number of benzene rings is 1. The van der Waals surface area contributed by atoms with Crippen LogP contribution in [0.25, 0.3) is 11.0 Å². The number of para-hydroxylation sites is 1. The van der Waals surface area contributed by atoms with Crippen molar-refractivity contribution < 1.29 is 4.74 Å². The van der Waals surface area contributed by atoms with Crippen molar-refractivity contribution >= 4 is 22.6 Å². The number of imidazole rings is 1. The molecule has 0 radical (unpaired) electrons. The van der Waals surface area contributed by atoms with E-state index in [-0.39, 0.29) is 11.4 Å². The van der Waals surface area contributed by atoms with E-state index < -0.39 is 0 Å². The van der Waals surface area contributed by atoms with Crippen LogP contribution in [-0.2, 0) is 4.74 Å². The Labute approximate surface area is 125 Å². The summed E-state index contributed by atoms with van der Waals surface area (Å²) < 4.78 is 7.70. The zero-order chi connectivity index (χ0) is 14.7. The van der Waals surface area contributed by atoms with Crippen LogP contribution in [0.1, 0.15) is 49.5 Å². The Morgan fingerprint density at radius 1 is 1.40 bits per heavy atom. The predicted octanol–water partition coefficient (Wildman–Crippen LogP) is 4.63. The molecule has 0 aliphatic rings. The molecule has 20 heavy (non-hydrogen) atoms. The first-order valence-electron chi connectivity index (χ1n) is 7.20. The van der Waals surface area contributed by atoms with Gasteiger partial charge in [0.25, 0.3) is 0 Å². The molecule has 0 spiro atoms. The molecule has 1 heterocycles. The van der Waals surface area contributed by atoms with E-state index in [9.17, 15) is 0 Å². The van der Waals surface area contributed by atoms with Crippen LogP contribution in [0.4, 0.5) is 0 Å². The average Bonchev–Trinajstić information content (AvgIpc) is 2.79. The summed E-state index contributed by atoms with van der Waals surface area (Å²) in [5.74, 6) is 0.937. The number of nitrogens with zero attached hydrogens (tertiary/aromatic N) is 2. The van der Waals surface area contributed by atoms with Crippen LogP contribution < -0.4 is 0 Å². The Kier molecular flexibility index (Phi) is 5.06. The summed E-state index contributed by atoms with van der Waals surface area (Å²) in [7, 11) is 1.75. The molecule has 110 valence electrons. The maximum Gasteiger partial charge on any atom is 0.128 e. The van der Waals surface area contributed by atoms with E-state index in [1.54, 1.807) is 7.11 Å². The molecule has 2 unspecified atom stereocenters. The quantitative estimate of drug-likeness (QED) is 0.726. The molecule has 0 aliphatic carbocycles. The van der Waals surface area contributed by atoms with Gasteiger partial charge in [-0.2, -0.15) is 0 Å². The molecule has 3 nitrogen and oxygen atoms in total. The maximum atomic E-state index is 6.35. The van der Waals surface area contributed by atoms with Crippen molar-refractivity contribution in [3.05, 3.63) is 29.6 Å². The standard InChI is InChI=1S/C16H23ClN2O/c1-5-7-13(10-20-4)19-15-11(2)8-6-9-14(15)18-16(19)12(3)17/h6,8-9,12-13H,5,7,10H2,1-4H3. The highest BCUT2D eigenvalue weighted by Gasteiger charge is 2.22. The van der Waals surface area contributed by atoms with Crippen LogP contribution in [0.5, 0.6) is 0 Å². The predicted molar refractivity (Wildman–Crippen MR) is 84.6 cm³/mol. The highest BCUT2D eigenvalue weighted by molar-refractivity contribution is 6.20. The molecular formula is C16H23ClN2O. The van der Waals surface area contributed by atoms with Crippen molar-refractivity contribution in [1.82, 2.24) is 9.55 Å². The molecule has 1 aromatic heterocycles. The lowest BCUT2D eigenvalue weighted by Crippen LogP contribution is -2.18. The van der Waals surface area contributed by atoms with E-state index in [1.807, 2.05) is 13.0 Å². The lowest BCUT2D eigenvalue weighted by Gasteiger charge is -2.22. The lowest BCUT2D eigenvalue weighted by atomic mass is 10.1. The minimum absolute atomic E-state index is 0.113. The third-order valence-corrected chi connectivity index (χ3v) is 3.84. The zero-order valence-electron chi connectivity index (χ0n) is 12.7. The summed E-state index contributed by atoms with van der Waals surface area (Å²) in [6.07, 6.45) is 2.17. The molecule has 0 aliphatic heterocycles. The molecule has 4 heteroatoms. The molecule has 0 amide bonds. The van der Waals surface area contributed by atoms with E-state index >= 15 is 0 Å². The number of alkyl halides is 1. The van der Waals surface area contributed by atoms with Crippen molar-refractivity contribution in [3.8, 4) is 0 Å². The van der Waals surface area contributed by atoms with E-state index in [4.69, 9.17) is 21.3 Å². The average molecular weight is 295 g/mol. The van der Waals surface area contributed by atoms with Gasteiger partial charge in [-0.15, -0.1) is 11.6 Å². The van der Waals surface area contributed by atoms with E-state index in [2.05, 4.69) is 30.5 Å². The fourth-order valence-corrected chi connectivity index (χ4v) is 2.96.